The molecule has 1 atom stereocenters. The van der Waals surface area contributed by atoms with Crippen LogP contribution in [0.15, 0.2) is 18.3 Å². The molecule has 1 aromatic heterocycles. The summed E-state index contributed by atoms with van der Waals surface area (Å²) < 4.78 is 26.7. The summed E-state index contributed by atoms with van der Waals surface area (Å²) in [4.78, 5) is 21.3. The zero-order chi connectivity index (χ0) is 18.0. The molecule has 3 rings (SSSR count). The van der Waals surface area contributed by atoms with Crippen LogP contribution in [-0.4, -0.2) is 47.3 Å². The number of amides is 1. The lowest BCUT2D eigenvalue weighted by Crippen LogP contribution is -2.39. The predicted octanol–water partition coefficient (Wildman–Crippen LogP) is 3.63. The molecule has 2 fully saturated rings. The molecular formula is C19H27F2N3O. The summed E-state index contributed by atoms with van der Waals surface area (Å²) in [6.45, 7) is 1.48. The van der Waals surface area contributed by atoms with Crippen molar-refractivity contribution in [2.24, 2.45) is 5.92 Å². The smallest absolute Gasteiger partial charge is 0.248 e. The van der Waals surface area contributed by atoms with Gasteiger partial charge in [0.15, 0.2) is 0 Å². The van der Waals surface area contributed by atoms with Gasteiger partial charge >= 0.3 is 0 Å². The maximum Gasteiger partial charge on any atom is 0.248 e. The van der Waals surface area contributed by atoms with E-state index < -0.39 is 5.92 Å². The SMILES string of the molecule is CN(C)Cc1cc([C@@H]2CCCN2C(=O)C2CCC(F)(F)CC2)ccn1. The van der Waals surface area contributed by atoms with Gasteiger partial charge < -0.3 is 9.80 Å². The van der Waals surface area contributed by atoms with Crippen LogP contribution in [-0.2, 0) is 11.3 Å². The number of carbonyl (C=O) groups excluding carboxylic acids is 1. The molecule has 1 saturated carbocycles. The Kier molecular flexibility index (Phi) is 5.37. The van der Waals surface area contributed by atoms with Gasteiger partial charge in [0.2, 0.25) is 11.8 Å². The van der Waals surface area contributed by atoms with Gasteiger partial charge in [0, 0.05) is 38.0 Å². The topological polar surface area (TPSA) is 36.4 Å². The molecule has 1 amide bonds. The highest BCUT2D eigenvalue weighted by atomic mass is 19.3. The van der Waals surface area contributed by atoms with Gasteiger partial charge in [-0.2, -0.15) is 0 Å². The van der Waals surface area contributed by atoms with Gasteiger partial charge in [0.25, 0.3) is 0 Å². The second kappa shape index (κ2) is 7.36. The Morgan fingerprint density at radius 2 is 2.04 bits per heavy atom. The number of likely N-dealkylation sites (tertiary alicyclic amines) is 1. The molecule has 25 heavy (non-hydrogen) atoms. The quantitative estimate of drug-likeness (QED) is 0.831. The van der Waals surface area contributed by atoms with Gasteiger partial charge in [-0.1, -0.05) is 0 Å². The third-order valence-corrected chi connectivity index (χ3v) is 5.31. The number of pyridine rings is 1. The van der Waals surface area contributed by atoms with E-state index in [1.165, 1.54) is 0 Å². The number of hydrogen-bond acceptors (Lipinski definition) is 3. The van der Waals surface area contributed by atoms with Crippen molar-refractivity contribution in [2.75, 3.05) is 20.6 Å². The summed E-state index contributed by atoms with van der Waals surface area (Å²) in [6, 6.07) is 4.11. The van der Waals surface area contributed by atoms with Gasteiger partial charge in [-0.15, -0.1) is 0 Å². The molecule has 1 saturated heterocycles. The number of rotatable bonds is 4. The van der Waals surface area contributed by atoms with E-state index >= 15 is 0 Å². The van der Waals surface area contributed by atoms with Crippen LogP contribution in [0, 0.1) is 5.92 Å². The molecule has 2 heterocycles. The Labute approximate surface area is 148 Å². The molecule has 0 radical (unpaired) electrons. The van der Waals surface area contributed by atoms with Crippen molar-refractivity contribution in [3.8, 4) is 0 Å². The molecule has 6 heteroatoms. The zero-order valence-electron chi connectivity index (χ0n) is 15.0. The minimum absolute atomic E-state index is 0.0545. The Morgan fingerprint density at radius 3 is 2.72 bits per heavy atom. The molecule has 0 bridgehead atoms. The van der Waals surface area contributed by atoms with Crippen LogP contribution >= 0.6 is 0 Å². The average molecular weight is 351 g/mol. The van der Waals surface area contributed by atoms with Crippen LogP contribution < -0.4 is 0 Å². The number of hydrogen-bond donors (Lipinski definition) is 0. The van der Waals surface area contributed by atoms with Crippen LogP contribution in [0.25, 0.3) is 0 Å². The highest BCUT2D eigenvalue weighted by Gasteiger charge is 2.40. The van der Waals surface area contributed by atoms with Crippen molar-refractivity contribution >= 4 is 5.91 Å². The Hall–Kier alpha value is -1.56. The summed E-state index contributed by atoms with van der Waals surface area (Å²) in [6.07, 6.45) is 3.98. The first-order valence-corrected chi connectivity index (χ1v) is 9.13. The fraction of sp³-hybridized carbons (Fsp3) is 0.684. The molecular weight excluding hydrogens is 324 g/mol. The first-order valence-electron chi connectivity index (χ1n) is 9.13. The summed E-state index contributed by atoms with van der Waals surface area (Å²) in [5, 5.41) is 0. The zero-order valence-corrected chi connectivity index (χ0v) is 15.0. The third kappa shape index (κ3) is 4.35. The van der Waals surface area contributed by atoms with E-state index in [0.29, 0.717) is 12.8 Å². The molecule has 138 valence electrons. The van der Waals surface area contributed by atoms with Crippen LogP contribution in [0.3, 0.4) is 0 Å². The van der Waals surface area contributed by atoms with Crippen molar-refractivity contribution in [1.29, 1.82) is 0 Å². The van der Waals surface area contributed by atoms with Crippen molar-refractivity contribution in [3.63, 3.8) is 0 Å². The monoisotopic (exact) mass is 351 g/mol. The summed E-state index contributed by atoms with van der Waals surface area (Å²) in [5.41, 5.74) is 2.10. The lowest BCUT2D eigenvalue weighted by Gasteiger charge is -2.33. The van der Waals surface area contributed by atoms with Gasteiger partial charge in [-0.05, 0) is 57.5 Å². The Morgan fingerprint density at radius 1 is 1.32 bits per heavy atom. The minimum atomic E-state index is -2.59. The second-order valence-electron chi connectivity index (χ2n) is 7.64. The van der Waals surface area contributed by atoms with E-state index in [1.807, 2.05) is 25.1 Å². The molecule has 1 aliphatic heterocycles. The number of nitrogens with zero attached hydrogens (tertiary/aromatic N) is 3. The van der Waals surface area contributed by atoms with Crippen molar-refractivity contribution < 1.29 is 13.6 Å². The first kappa shape index (κ1) is 18.2. The predicted molar refractivity (Wildman–Crippen MR) is 92.2 cm³/mol. The third-order valence-electron chi connectivity index (χ3n) is 5.31. The summed E-state index contributed by atoms with van der Waals surface area (Å²) in [5.74, 6) is -2.78. The van der Waals surface area contributed by atoms with Crippen LogP contribution in [0.2, 0.25) is 0 Å². The van der Waals surface area contributed by atoms with Crippen molar-refractivity contribution in [2.45, 2.75) is 57.0 Å². The van der Waals surface area contributed by atoms with Crippen LogP contribution in [0.4, 0.5) is 8.78 Å². The van der Waals surface area contributed by atoms with Gasteiger partial charge in [0.1, 0.15) is 0 Å². The largest absolute Gasteiger partial charge is 0.335 e. The summed E-state index contributed by atoms with van der Waals surface area (Å²) >= 11 is 0. The number of carbonyl (C=O) groups is 1. The van der Waals surface area contributed by atoms with Gasteiger partial charge in [0.05, 0.1) is 11.7 Å². The summed E-state index contributed by atoms with van der Waals surface area (Å²) in [7, 11) is 4.00. The highest BCUT2D eigenvalue weighted by molar-refractivity contribution is 5.79. The van der Waals surface area contributed by atoms with Crippen molar-refractivity contribution in [3.05, 3.63) is 29.6 Å². The highest BCUT2D eigenvalue weighted by Crippen LogP contribution is 2.40. The maximum atomic E-state index is 13.4. The molecule has 0 N–H and O–H groups in total. The normalized spacial score (nSPS) is 24.0. The number of halogens is 2. The second-order valence-corrected chi connectivity index (χ2v) is 7.64. The van der Waals surface area contributed by atoms with E-state index in [2.05, 4.69) is 16.0 Å². The minimum Gasteiger partial charge on any atom is -0.335 e. The lowest BCUT2D eigenvalue weighted by atomic mass is 9.85. The van der Waals surface area contributed by atoms with Gasteiger partial charge in [-0.3, -0.25) is 9.78 Å². The molecule has 1 aromatic rings. The molecule has 0 unspecified atom stereocenters. The van der Waals surface area contributed by atoms with Gasteiger partial charge in [-0.25, -0.2) is 8.78 Å². The van der Waals surface area contributed by atoms with E-state index in [-0.39, 0.29) is 30.7 Å². The Bertz CT molecular complexity index is 610. The standard InChI is InChI=1S/C19H27F2N3O/c1-23(2)13-16-12-15(7-10-22-16)17-4-3-11-24(17)18(25)14-5-8-19(20,21)9-6-14/h7,10,12,14,17H,3-6,8-9,11,13H2,1-2H3/t17-/m0/s1. The number of aromatic nitrogens is 1. The molecule has 1 aliphatic carbocycles. The number of alkyl halides is 2. The molecule has 4 nitrogen and oxygen atoms in total. The molecule has 0 aromatic carbocycles. The molecule has 0 spiro atoms. The first-order chi connectivity index (χ1) is 11.9. The Balaban J connectivity index is 1.71. The van der Waals surface area contributed by atoms with Crippen molar-refractivity contribution in [1.82, 2.24) is 14.8 Å². The fourth-order valence-electron chi connectivity index (χ4n) is 4.01. The molecule has 2 aliphatic rings. The van der Waals surface area contributed by atoms with Crippen LogP contribution in [0.5, 0.6) is 0 Å². The van der Waals surface area contributed by atoms with E-state index in [4.69, 9.17) is 0 Å². The van der Waals surface area contributed by atoms with E-state index in [0.717, 1.165) is 37.2 Å². The van der Waals surface area contributed by atoms with E-state index in [1.54, 1.807) is 6.20 Å². The maximum absolute atomic E-state index is 13.4. The van der Waals surface area contributed by atoms with Crippen LogP contribution in [0.1, 0.15) is 55.8 Å². The lowest BCUT2D eigenvalue weighted by molar-refractivity contribution is -0.140. The van der Waals surface area contributed by atoms with E-state index in [9.17, 15) is 13.6 Å². The fourth-order valence-corrected chi connectivity index (χ4v) is 4.01. The average Bonchev–Trinajstić information content (AvgIpc) is 3.03.